The lowest BCUT2D eigenvalue weighted by atomic mass is 10.2. The zero-order valence-electron chi connectivity index (χ0n) is 10.2. The van der Waals surface area contributed by atoms with Gasteiger partial charge in [-0.2, -0.15) is 0 Å². The minimum atomic E-state index is -0.466. The van der Waals surface area contributed by atoms with Crippen LogP contribution in [0, 0.1) is 0 Å². The average molecular weight is 240 g/mol. The van der Waals surface area contributed by atoms with Crippen molar-refractivity contribution in [3.63, 3.8) is 0 Å². The van der Waals surface area contributed by atoms with E-state index in [1.807, 2.05) is 42.5 Å². The first kappa shape index (κ1) is 11.3. The molecule has 2 heterocycles. The Hall–Kier alpha value is -1.80. The maximum atomic E-state index is 5.82. The van der Waals surface area contributed by atoms with Crippen LogP contribution in [0.4, 0.5) is 0 Å². The van der Waals surface area contributed by atoms with E-state index in [9.17, 15) is 0 Å². The van der Waals surface area contributed by atoms with Crippen LogP contribution < -0.4 is 0 Å². The van der Waals surface area contributed by atoms with Crippen LogP contribution in [0.5, 0.6) is 0 Å². The molecule has 0 radical (unpaired) electrons. The first-order valence-corrected chi connectivity index (χ1v) is 6.32. The monoisotopic (exact) mass is 240 g/mol. The largest absolute Gasteiger partial charge is 0.459 e. The van der Waals surface area contributed by atoms with Gasteiger partial charge in [-0.05, 0) is 30.2 Å². The van der Waals surface area contributed by atoms with Crippen LogP contribution in [0.3, 0.4) is 0 Å². The van der Waals surface area contributed by atoms with Gasteiger partial charge in [-0.1, -0.05) is 42.5 Å². The van der Waals surface area contributed by atoms with Gasteiger partial charge in [0.2, 0.25) is 5.79 Å². The van der Waals surface area contributed by atoms with E-state index < -0.39 is 5.79 Å². The highest BCUT2D eigenvalue weighted by molar-refractivity contribution is 5.51. The van der Waals surface area contributed by atoms with Gasteiger partial charge in [0, 0.05) is 6.42 Å². The third-order valence-corrected chi connectivity index (χ3v) is 3.16. The van der Waals surface area contributed by atoms with Crippen molar-refractivity contribution in [2.45, 2.75) is 18.6 Å². The Bertz CT molecular complexity index is 491. The number of hydrogen-bond donors (Lipinski definition) is 0. The van der Waals surface area contributed by atoms with Gasteiger partial charge < -0.3 is 9.47 Å². The Morgan fingerprint density at radius 2 is 2.06 bits per heavy atom. The second kappa shape index (κ2) is 4.83. The van der Waals surface area contributed by atoms with Crippen molar-refractivity contribution >= 4 is 6.08 Å². The molecule has 1 aromatic rings. The van der Waals surface area contributed by atoms with Gasteiger partial charge in [0.15, 0.2) is 0 Å². The van der Waals surface area contributed by atoms with E-state index in [1.54, 1.807) is 0 Å². The van der Waals surface area contributed by atoms with Gasteiger partial charge in [0.25, 0.3) is 0 Å². The van der Waals surface area contributed by atoms with E-state index in [-0.39, 0.29) is 0 Å². The molecule has 92 valence electrons. The number of hydrogen-bond acceptors (Lipinski definition) is 2. The molecule has 1 fully saturated rings. The molecule has 2 heteroatoms. The molecular weight excluding hydrogens is 224 g/mol. The number of allylic oxidation sites excluding steroid dienone is 3. The predicted molar refractivity (Wildman–Crippen MR) is 71.7 cm³/mol. The fourth-order valence-corrected chi connectivity index (χ4v) is 2.23. The lowest BCUT2D eigenvalue weighted by molar-refractivity contribution is -0.135. The molecular formula is C16H16O2. The summed E-state index contributed by atoms with van der Waals surface area (Å²) in [6.07, 6.45) is 12.1. The Morgan fingerprint density at radius 3 is 2.83 bits per heavy atom. The quantitative estimate of drug-likeness (QED) is 0.785. The predicted octanol–water partition coefficient (Wildman–Crippen LogP) is 3.68. The van der Waals surface area contributed by atoms with Crippen molar-refractivity contribution in [2.75, 3.05) is 6.61 Å². The van der Waals surface area contributed by atoms with Crippen LogP contribution >= 0.6 is 0 Å². The Kier molecular flexibility index (Phi) is 3.03. The van der Waals surface area contributed by atoms with Crippen molar-refractivity contribution in [3.05, 3.63) is 66.0 Å². The second-order valence-corrected chi connectivity index (χ2v) is 4.54. The molecule has 18 heavy (non-hydrogen) atoms. The second-order valence-electron chi connectivity index (χ2n) is 4.54. The topological polar surface area (TPSA) is 18.5 Å². The third kappa shape index (κ3) is 2.39. The van der Waals surface area contributed by atoms with E-state index in [4.69, 9.17) is 9.47 Å². The van der Waals surface area contributed by atoms with E-state index in [0.29, 0.717) is 0 Å². The molecule has 1 saturated heterocycles. The van der Waals surface area contributed by atoms with Gasteiger partial charge >= 0.3 is 0 Å². The van der Waals surface area contributed by atoms with Gasteiger partial charge in [-0.15, -0.1) is 0 Å². The van der Waals surface area contributed by atoms with Crippen molar-refractivity contribution in [3.8, 4) is 0 Å². The summed E-state index contributed by atoms with van der Waals surface area (Å²) >= 11 is 0. The zero-order chi connectivity index (χ0) is 12.3. The number of rotatable bonds is 2. The molecule has 1 unspecified atom stereocenters. The van der Waals surface area contributed by atoms with Gasteiger partial charge in [0.1, 0.15) is 5.76 Å². The summed E-state index contributed by atoms with van der Waals surface area (Å²) in [6, 6.07) is 10.2. The minimum absolute atomic E-state index is 0.466. The Morgan fingerprint density at radius 1 is 1.17 bits per heavy atom. The lowest BCUT2D eigenvalue weighted by Crippen LogP contribution is -2.24. The molecule has 2 nitrogen and oxygen atoms in total. The van der Waals surface area contributed by atoms with E-state index in [0.717, 1.165) is 25.2 Å². The smallest absolute Gasteiger partial charge is 0.230 e. The molecule has 0 saturated carbocycles. The third-order valence-electron chi connectivity index (χ3n) is 3.16. The van der Waals surface area contributed by atoms with Crippen molar-refractivity contribution < 1.29 is 9.47 Å². The van der Waals surface area contributed by atoms with E-state index in [1.165, 1.54) is 5.56 Å². The normalized spacial score (nSPS) is 28.6. The van der Waals surface area contributed by atoms with Crippen molar-refractivity contribution in [2.24, 2.45) is 0 Å². The summed E-state index contributed by atoms with van der Waals surface area (Å²) in [7, 11) is 0. The highest BCUT2D eigenvalue weighted by Gasteiger charge is 2.38. The molecule has 1 aromatic carbocycles. The summed E-state index contributed by atoms with van der Waals surface area (Å²) in [4.78, 5) is 0. The Labute approximate surface area is 107 Å². The summed E-state index contributed by atoms with van der Waals surface area (Å²) < 4.78 is 11.4. The Balaban J connectivity index is 1.65. The summed E-state index contributed by atoms with van der Waals surface area (Å²) in [5.74, 6) is 0.399. The van der Waals surface area contributed by atoms with Crippen LogP contribution in [0.1, 0.15) is 18.4 Å². The van der Waals surface area contributed by atoms with Crippen molar-refractivity contribution in [1.29, 1.82) is 0 Å². The van der Waals surface area contributed by atoms with Crippen LogP contribution in [0.25, 0.3) is 6.08 Å². The molecule has 1 spiro atoms. The molecule has 2 aliphatic heterocycles. The number of benzene rings is 1. The van der Waals surface area contributed by atoms with Crippen LogP contribution in [0.2, 0.25) is 0 Å². The minimum Gasteiger partial charge on any atom is -0.459 e. The summed E-state index contributed by atoms with van der Waals surface area (Å²) in [5, 5.41) is 0. The van der Waals surface area contributed by atoms with Gasteiger partial charge in [0.05, 0.1) is 6.61 Å². The van der Waals surface area contributed by atoms with Gasteiger partial charge in [-0.25, -0.2) is 0 Å². The van der Waals surface area contributed by atoms with Crippen LogP contribution in [-0.2, 0) is 9.47 Å². The summed E-state index contributed by atoms with van der Waals surface area (Å²) in [6.45, 7) is 0.789. The number of ether oxygens (including phenoxy) is 2. The SMILES string of the molecule is C1=CC2(CCCO2)O/C1=C\C=C\c1ccccc1. The zero-order valence-corrected chi connectivity index (χ0v) is 10.2. The molecule has 0 amide bonds. The maximum Gasteiger partial charge on any atom is 0.230 e. The molecule has 1 atom stereocenters. The molecule has 0 aliphatic carbocycles. The fraction of sp³-hybridized carbons (Fsp3) is 0.250. The van der Waals surface area contributed by atoms with Gasteiger partial charge in [-0.3, -0.25) is 0 Å². The summed E-state index contributed by atoms with van der Waals surface area (Å²) in [5.41, 5.74) is 1.18. The van der Waals surface area contributed by atoms with E-state index >= 15 is 0 Å². The average Bonchev–Trinajstić information content (AvgIpc) is 3.02. The first-order valence-electron chi connectivity index (χ1n) is 6.32. The fourth-order valence-electron chi connectivity index (χ4n) is 2.23. The molecule has 0 bridgehead atoms. The van der Waals surface area contributed by atoms with Crippen molar-refractivity contribution in [1.82, 2.24) is 0 Å². The molecule has 0 N–H and O–H groups in total. The first-order chi connectivity index (χ1) is 8.86. The molecule has 2 aliphatic rings. The van der Waals surface area contributed by atoms with Crippen LogP contribution in [-0.4, -0.2) is 12.4 Å². The standard InChI is InChI=1S/C16H16O2/c1-2-6-14(7-3-1)8-4-9-15-10-12-16(18-15)11-5-13-17-16/h1-4,6-10,12H,5,11,13H2/b8-4+,15-9-. The van der Waals surface area contributed by atoms with Crippen LogP contribution in [0.15, 0.2) is 60.4 Å². The molecule has 0 aromatic heterocycles. The molecule has 3 rings (SSSR count). The lowest BCUT2D eigenvalue weighted by Gasteiger charge is -2.20. The maximum absolute atomic E-state index is 5.82. The van der Waals surface area contributed by atoms with E-state index in [2.05, 4.69) is 18.2 Å². The highest BCUT2D eigenvalue weighted by atomic mass is 16.7. The highest BCUT2D eigenvalue weighted by Crippen LogP contribution is 2.35.